The molecule has 1 fully saturated rings. The maximum atomic E-state index is 12.8. The molecule has 1 aliphatic rings. The Balaban J connectivity index is 1.91. The summed E-state index contributed by atoms with van der Waals surface area (Å²) in [5.74, 6) is -0.301. The van der Waals surface area contributed by atoms with Gasteiger partial charge in [-0.25, -0.2) is 8.42 Å². The van der Waals surface area contributed by atoms with Crippen LogP contribution in [0.15, 0.2) is 41.3 Å². The number of benzene rings is 2. The fourth-order valence-corrected chi connectivity index (χ4v) is 5.23. The first-order chi connectivity index (χ1) is 12.3. The first-order valence-electron chi connectivity index (χ1n) is 8.47. The van der Waals surface area contributed by atoms with Crippen molar-refractivity contribution >= 4 is 44.2 Å². The number of nitrogens with one attached hydrogen (secondary N) is 1. The van der Waals surface area contributed by atoms with Gasteiger partial charge >= 0.3 is 0 Å². The van der Waals surface area contributed by atoms with E-state index in [1.54, 1.807) is 12.1 Å². The zero-order valence-corrected chi connectivity index (χ0v) is 17.7. The third-order valence-electron chi connectivity index (χ3n) is 4.59. The Morgan fingerprint density at radius 3 is 2.38 bits per heavy atom. The minimum atomic E-state index is -3.55. The Hall–Kier alpha value is -1.45. The molecule has 0 aliphatic carbocycles. The van der Waals surface area contributed by atoms with Crippen LogP contribution in [-0.4, -0.2) is 31.7 Å². The van der Waals surface area contributed by atoms with Crippen LogP contribution in [0.1, 0.15) is 34.3 Å². The second-order valence-electron chi connectivity index (χ2n) is 6.50. The predicted molar refractivity (Wildman–Crippen MR) is 111 cm³/mol. The lowest BCUT2D eigenvalue weighted by Crippen LogP contribution is -2.28. The Bertz CT molecular complexity index is 951. The van der Waals surface area contributed by atoms with E-state index in [9.17, 15) is 13.2 Å². The SMILES string of the molecule is Cc1cc(I)ccc1NC(=O)c1cc(S(=O)(=O)N2CCCC2)ccc1C. The quantitative estimate of drug-likeness (QED) is 0.669. The van der Waals surface area contributed by atoms with Crippen molar-refractivity contribution in [3.8, 4) is 0 Å². The van der Waals surface area contributed by atoms with Crippen molar-refractivity contribution in [1.29, 1.82) is 0 Å². The number of aryl methyl sites for hydroxylation is 2. The largest absolute Gasteiger partial charge is 0.322 e. The second kappa shape index (κ2) is 7.66. The van der Waals surface area contributed by atoms with Crippen molar-refractivity contribution in [3.05, 3.63) is 56.7 Å². The smallest absolute Gasteiger partial charge is 0.255 e. The van der Waals surface area contributed by atoms with E-state index in [1.165, 1.54) is 10.4 Å². The van der Waals surface area contributed by atoms with Crippen molar-refractivity contribution in [1.82, 2.24) is 4.31 Å². The number of halogens is 1. The fraction of sp³-hybridized carbons (Fsp3) is 0.316. The van der Waals surface area contributed by atoms with E-state index in [1.807, 2.05) is 32.0 Å². The fourth-order valence-electron chi connectivity index (χ4n) is 3.04. The molecule has 0 bridgehead atoms. The van der Waals surface area contributed by atoms with Crippen molar-refractivity contribution in [2.45, 2.75) is 31.6 Å². The molecule has 2 aromatic rings. The molecular weight excluding hydrogens is 463 g/mol. The number of hydrogen-bond acceptors (Lipinski definition) is 3. The highest BCUT2D eigenvalue weighted by molar-refractivity contribution is 14.1. The number of rotatable bonds is 4. The van der Waals surface area contributed by atoms with Crippen LogP contribution in [0.2, 0.25) is 0 Å². The van der Waals surface area contributed by atoms with Gasteiger partial charge in [0.05, 0.1) is 4.90 Å². The molecule has 3 rings (SSSR count). The maximum absolute atomic E-state index is 12.8. The van der Waals surface area contributed by atoms with Crippen LogP contribution in [0, 0.1) is 17.4 Å². The van der Waals surface area contributed by atoms with E-state index in [2.05, 4.69) is 27.9 Å². The molecule has 0 atom stereocenters. The van der Waals surface area contributed by atoms with Gasteiger partial charge < -0.3 is 5.32 Å². The first-order valence-corrected chi connectivity index (χ1v) is 11.0. The Kier molecular flexibility index (Phi) is 5.69. The molecule has 138 valence electrons. The number of carbonyl (C=O) groups excluding carboxylic acids is 1. The third-order valence-corrected chi connectivity index (χ3v) is 7.16. The normalized spacial score (nSPS) is 15.2. The molecular formula is C19H21IN2O3S. The Morgan fingerprint density at radius 2 is 1.73 bits per heavy atom. The van der Waals surface area contributed by atoms with Crippen molar-refractivity contribution in [3.63, 3.8) is 0 Å². The standard InChI is InChI=1S/C19H21IN2O3S/c1-13-5-7-16(26(24,25)22-9-3-4-10-22)12-17(13)19(23)21-18-8-6-15(20)11-14(18)2/h5-8,11-12H,3-4,9-10H2,1-2H3,(H,21,23). The third kappa shape index (κ3) is 3.94. The van der Waals surface area contributed by atoms with Gasteiger partial charge in [-0.1, -0.05) is 6.07 Å². The van der Waals surface area contributed by atoms with E-state index >= 15 is 0 Å². The van der Waals surface area contributed by atoms with E-state index in [4.69, 9.17) is 0 Å². The van der Waals surface area contributed by atoms with Crippen molar-refractivity contribution < 1.29 is 13.2 Å². The maximum Gasteiger partial charge on any atom is 0.255 e. The van der Waals surface area contributed by atoms with Gasteiger partial charge in [0.15, 0.2) is 0 Å². The van der Waals surface area contributed by atoms with Gasteiger partial charge in [0.2, 0.25) is 10.0 Å². The van der Waals surface area contributed by atoms with Crippen LogP contribution in [0.5, 0.6) is 0 Å². The van der Waals surface area contributed by atoms with Gasteiger partial charge in [-0.15, -0.1) is 0 Å². The van der Waals surface area contributed by atoms with Crippen LogP contribution in [0.25, 0.3) is 0 Å². The molecule has 7 heteroatoms. The summed E-state index contributed by atoms with van der Waals surface area (Å²) in [5.41, 5.74) is 2.81. The van der Waals surface area contributed by atoms with Gasteiger partial charge in [-0.05, 0) is 90.7 Å². The molecule has 0 spiro atoms. The lowest BCUT2D eigenvalue weighted by atomic mass is 10.1. The number of nitrogens with zero attached hydrogens (tertiary/aromatic N) is 1. The summed E-state index contributed by atoms with van der Waals surface area (Å²) in [7, 11) is -3.55. The molecule has 2 aromatic carbocycles. The Morgan fingerprint density at radius 1 is 1.04 bits per heavy atom. The molecule has 1 amide bonds. The molecule has 26 heavy (non-hydrogen) atoms. The van der Waals surface area contributed by atoms with E-state index in [-0.39, 0.29) is 10.8 Å². The second-order valence-corrected chi connectivity index (χ2v) is 9.68. The van der Waals surface area contributed by atoms with Gasteiger partial charge in [-0.3, -0.25) is 4.79 Å². The number of carbonyl (C=O) groups is 1. The van der Waals surface area contributed by atoms with E-state index in [0.29, 0.717) is 18.7 Å². The minimum absolute atomic E-state index is 0.175. The van der Waals surface area contributed by atoms with Gasteiger partial charge in [0.25, 0.3) is 5.91 Å². The van der Waals surface area contributed by atoms with Gasteiger partial charge in [-0.2, -0.15) is 4.31 Å². The number of amides is 1. The van der Waals surface area contributed by atoms with Crippen LogP contribution >= 0.6 is 22.6 Å². The molecule has 0 radical (unpaired) electrons. The summed E-state index contributed by atoms with van der Waals surface area (Å²) < 4.78 is 28.1. The van der Waals surface area contributed by atoms with Crippen LogP contribution in [0.3, 0.4) is 0 Å². The molecule has 0 saturated carbocycles. The lowest BCUT2D eigenvalue weighted by Gasteiger charge is -2.17. The monoisotopic (exact) mass is 484 g/mol. The first kappa shape index (κ1) is 19.3. The molecule has 1 aliphatic heterocycles. The van der Waals surface area contributed by atoms with Crippen LogP contribution in [-0.2, 0) is 10.0 Å². The average molecular weight is 484 g/mol. The van der Waals surface area contributed by atoms with Crippen molar-refractivity contribution in [2.24, 2.45) is 0 Å². The van der Waals surface area contributed by atoms with Crippen LogP contribution < -0.4 is 5.32 Å². The summed E-state index contributed by atoms with van der Waals surface area (Å²) in [6.07, 6.45) is 1.76. The zero-order chi connectivity index (χ0) is 18.9. The number of sulfonamides is 1. The van der Waals surface area contributed by atoms with Gasteiger partial charge in [0.1, 0.15) is 0 Å². The molecule has 1 heterocycles. The summed E-state index contributed by atoms with van der Waals surface area (Å²) in [6, 6.07) is 10.5. The number of hydrogen-bond donors (Lipinski definition) is 1. The van der Waals surface area contributed by atoms with Gasteiger partial charge in [0, 0.05) is 27.9 Å². The summed E-state index contributed by atoms with van der Waals surface area (Å²) in [6.45, 7) is 4.82. The molecule has 0 unspecified atom stereocenters. The minimum Gasteiger partial charge on any atom is -0.322 e. The van der Waals surface area contributed by atoms with E-state index in [0.717, 1.165) is 33.2 Å². The summed E-state index contributed by atoms with van der Waals surface area (Å²) >= 11 is 2.22. The predicted octanol–water partition coefficient (Wildman–Crippen LogP) is 3.94. The molecule has 1 saturated heterocycles. The Labute approximate surface area is 168 Å². The molecule has 1 N–H and O–H groups in total. The topological polar surface area (TPSA) is 66.5 Å². The summed E-state index contributed by atoms with van der Waals surface area (Å²) in [4.78, 5) is 12.9. The highest BCUT2D eigenvalue weighted by Gasteiger charge is 2.28. The molecule has 0 aromatic heterocycles. The molecule has 5 nitrogen and oxygen atoms in total. The zero-order valence-electron chi connectivity index (χ0n) is 14.8. The summed E-state index contributed by atoms with van der Waals surface area (Å²) in [5, 5.41) is 2.89. The number of anilines is 1. The van der Waals surface area contributed by atoms with Crippen molar-refractivity contribution in [2.75, 3.05) is 18.4 Å². The average Bonchev–Trinajstić information content (AvgIpc) is 3.13. The lowest BCUT2D eigenvalue weighted by molar-refractivity contribution is 0.102. The highest BCUT2D eigenvalue weighted by atomic mass is 127. The van der Waals surface area contributed by atoms with Crippen LogP contribution in [0.4, 0.5) is 5.69 Å². The van der Waals surface area contributed by atoms with E-state index < -0.39 is 10.0 Å². The highest BCUT2D eigenvalue weighted by Crippen LogP contribution is 2.24.